The van der Waals surface area contributed by atoms with Crippen LogP contribution in [0.2, 0.25) is 0 Å². The lowest BCUT2D eigenvalue weighted by Crippen LogP contribution is -2.33. The zero-order chi connectivity index (χ0) is 14.5. The summed E-state index contributed by atoms with van der Waals surface area (Å²) in [7, 11) is 1.88. The molecular formula is C15H25FN2O. The molecule has 0 saturated heterocycles. The van der Waals surface area contributed by atoms with Crippen LogP contribution in [0.1, 0.15) is 45.2 Å². The zero-order valence-electron chi connectivity index (χ0n) is 12.3. The van der Waals surface area contributed by atoms with E-state index in [1.165, 1.54) is 6.07 Å². The molecule has 108 valence electrons. The van der Waals surface area contributed by atoms with E-state index in [4.69, 9.17) is 10.5 Å². The third kappa shape index (κ3) is 5.17. The molecule has 3 N–H and O–H groups in total. The Morgan fingerprint density at radius 1 is 1.42 bits per heavy atom. The van der Waals surface area contributed by atoms with Crippen molar-refractivity contribution in [1.29, 1.82) is 0 Å². The maximum absolute atomic E-state index is 13.8. The number of benzene rings is 1. The zero-order valence-corrected chi connectivity index (χ0v) is 12.3. The minimum absolute atomic E-state index is 0.105. The van der Waals surface area contributed by atoms with Crippen molar-refractivity contribution in [3.05, 3.63) is 29.6 Å². The lowest BCUT2D eigenvalue weighted by Gasteiger charge is -2.23. The number of ether oxygens (including phenoxy) is 1. The highest BCUT2D eigenvalue weighted by molar-refractivity contribution is 5.31. The van der Waals surface area contributed by atoms with Gasteiger partial charge < -0.3 is 15.8 Å². The fraction of sp³-hybridized carbons (Fsp3) is 0.600. The Hall–Kier alpha value is -1.13. The van der Waals surface area contributed by atoms with E-state index in [0.717, 1.165) is 18.4 Å². The summed E-state index contributed by atoms with van der Waals surface area (Å²) >= 11 is 0. The van der Waals surface area contributed by atoms with Gasteiger partial charge in [-0.25, -0.2) is 4.39 Å². The van der Waals surface area contributed by atoms with Crippen LogP contribution in [0, 0.1) is 5.82 Å². The van der Waals surface area contributed by atoms with Gasteiger partial charge in [0.15, 0.2) is 11.6 Å². The highest BCUT2D eigenvalue weighted by Crippen LogP contribution is 2.26. The summed E-state index contributed by atoms with van der Waals surface area (Å²) in [5.41, 5.74) is 6.70. The van der Waals surface area contributed by atoms with E-state index >= 15 is 0 Å². The molecule has 0 bridgehead atoms. The van der Waals surface area contributed by atoms with Gasteiger partial charge in [-0.1, -0.05) is 6.07 Å². The largest absolute Gasteiger partial charge is 0.491 e. The van der Waals surface area contributed by atoms with Crippen molar-refractivity contribution in [1.82, 2.24) is 5.32 Å². The van der Waals surface area contributed by atoms with Crippen LogP contribution in [0.3, 0.4) is 0 Å². The molecule has 4 heteroatoms. The molecule has 3 nitrogen and oxygen atoms in total. The van der Waals surface area contributed by atoms with Crippen LogP contribution < -0.4 is 15.8 Å². The van der Waals surface area contributed by atoms with Crippen LogP contribution in [-0.4, -0.2) is 19.2 Å². The fourth-order valence-corrected chi connectivity index (χ4v) is 2.00. The maximum atomic E-state index is 13.8. The number of halogens is 1. The molecule has 1 atom stereocenters. The summed E-state index contributed by atoms with van der Waals surface area (Å²) in [6, 6.07) is 5.23. The molecule has 0 spiro atoms. The molecule has 0 saturated carbocycles. The predicted octanol–water partition coefficient (Wildman–Crippen LogP) is 3.00. The van der Waals surface area contributed by atoms with Crippen LogP contribution in [0.5, 0.6) is 5.75 Å². The van der Waals surface area contributed by atoms with Crippen LogP contribution in [0.15, 0.2) is 18.2 Å². The Morgan fingerprint density at radius 2 is 2.11 bits per heavy atom. The first-order valence-corrected chi connectivity index (χ1v) is 6.75. The standard InChI is InChI=1S/C15H25FN2O/c1-5-19-14-7-6-11(10-12(14)16)13(18-4)8-9-15(2,3)17/h6-7,10,13,18H,5,8-9,17H2,1-4H3. The van der Waals surface area contributed by atoms with Crippen molar-refractivity contribution < 1.29 is 9.13 Å². The van der Waals surface area contributed by atoms with Gasteiger partial charge in [0.2, 0.25) is 0 Å². The molecule has 0 radical (unpaired) electrons. The lowest BCUT2D eigenvalue weighted by atomic mass is 9.93. The number of nitrogens with one attached hydrogen (secondary N) is 1. The van der Waals surface area contributed by atoms with E-state index in [2.05, 4.69) is 5.32 Å². The minimum Gasteiger partial charge on any atom is -0.491 e. The van der Waals surface area contributed by atoms with Crippen molar-refractivity contribution in [3.8, 4) is 5.75 Å². The topological polar surface area (TPSA) is 47.3 Å². The quantitative estimate of drug-likeness (QED) is 0.799. The van der Waals surface area contributed by atoms with E-state index in [9.17, 15) is 4.39 Å². The fourth-order valence-electron chi connectivity index (χ4n) is 2.00. The second kappa shape index (κ2) is 6.87. The monoisotopic (exact) mass is 268 g/mol. The second-order valence-corrected chi connectivity index (χ2v) is 5.49. The summed E-state index contributed by atoms with van der Waals surface area (Å²) in [6.07, 6.45) is 1.74. The molecule has 0 aliphatic rings. The SMILES string of the molecule is CCOc1ccc(C(CCC(C)(C)N)NC)cc1F. The van der Waals surface area contributed by atoms with Gasteiger partial charge in [-0.05, 0) is 58.4 Å². The van der Waals surface area contributed by atoms with Gasteiger partial charge in [0.05, 0.1) is 6.61 Å². The first-order chi connectivity index (χ1) is 8.87. The van der Waals surface area contributed by atoms with Crippen molar-refractivity contribution in [2.45, 2.75) is 45.2 Å². The first-order valence-electron chi connectivity index (χ1n) is 6.75. The Balaban J connectivity index is 2.78. The Labute approximate surface area is 115 Å². The van der Waals surface area contributed by atoms with Crippen molar-refractivity contribution in [3.63, 3.8) is 0 Å². The van der Waals surface area contributed by atoms with E-state index in [0.29, 0.717) is 12.4 Å². The van der Waals surface area contributed by atoms with E-state index in [-0.39, 0.29) is 17.4 Å². The summed E-state index contributed by atoms with van der Waals surface area (Å²) in [4.78, 5) is 0. The van der Waals surface area contributed by atoms with Crippen LogP contribution in [-0.2, 0) is 0 Å². The molecule has 0 aliphatic carbocycles. The smallest absolute Gasteiger partial charge is 0.165 e. The summed E-state index contributed by atoms with van der Waals surface area (Å²) in [6.45, 7) is 6.30. The van der Waals surface area contributed by atoms with E-state index in [1.807, 2.05) is 33.9 Å². The maximum Gasteiger partial charge on any atom is 0.165 e. The molecule has 0 amide bonds. The minimum atomic E-state index is -0.313. The number of hydrogen-bond acceptors (Lipinski definition) is 3. The van der Waals surface area contributed by atoms with Gasteiger partial charge in [0.1, 0.15) is 0 Å². The molecule has 0 aliphatic heterocycles. The Kier molecular flexibility index (Phi) is 5.76. The van der Waals surface area contributed by atoms with Crippen LogP contribution >= 0.6 is 0 Å². The number of hydrogen-bond donors (Lipinski definition) is 2. The summed E-state index contributed by atoms with van der Waals surface area (Å²) in [5, 5.41) is 3.21. The first kappa shape index (κ1) is 15.9. The summed E-state index contributed by atoms with van der Waals surface area (Å²) < 4.78 is 19.0. The number of nitrogens with two attached hydrogens (primary N) is 1. The highest BCUT2D eigenvalue weighted by Gasteiger charge is 2.17. The van der Waals surface area contributed by atoms with Crippen molar-refractivity contribution in [2.24, 2.45) is 5.73 Å². The third-order valence-electron chi connectivity index (χ3n) is 3.08. The van der Waals surface area contributed by atoms with Crippen molar-refractivity contribution in [2.75, 3.05) is 13.7 Å². The molecule has 0 aromatic heterocycles. The van der Waals surface area contributed by atoms with Gasteiger partial charge in [-0.2, -0.15) is 0 Å². The predicted molar refractivity (Wildman–Crippen MR) is 76.9 cm³/mol. The van der Waals surface area contributed by atoms with Crippen LogP contribution in [0.4, 0.5) is 4.39 Å². The van der Waals surface area contributed by atoms with Gasteiger partial charge in [0, 0.05) is 11.6 Å². The lowest BCUT2D eigenvalue weighted by molar-refractivity contribution is 0.321. The average Bonchev–Trinajstić information content (AvgIpc) is 2.32. The normalized spacial score (nSPS) is 13.4. The average molecular weight is 268 g/mol. The molecule has 0 fully saturated rings. The van der Waals surface area contributed by atoms with E-state index < -0.39 is 0 Å². The molecule has 1 aromatic rings. The summed E-state index contributed by atoms with van der Waals surface area (Å²) in [5.74, 6) is -0.00753. The number of rotatable bonds is 7. The van der Waals surface area contributed by atoms with Gasteiger partial charge in [-0.15, -0.1) is 0 Å². The highest BCUT2D eigenvalue weighted by atomic mass is 19.1. The van der Waals surface area contributed by atoms with Gasteiger partial charge in [-0.3, -0.25) is 0 Å². The molecule has 1 rings (SSSR count). The van der Waals surface area contributed by atoms with Crippen molar-refractivity contribution >= 4 is 0 Å². The molecule has 1 aromatic carbocycles. The second-order valence-electron chi connectivity index (χ2n) is 5.49. The van der Waals surface area contributed by atoms with Gasteiger partial charge >= 0.3 is 0 Å². The Bertz CT molecular complexity index is 402. The van der Waals surface area contributed by atoms with E-state index in [1.54, 1.807) is 6.07 Å². The molecule has 1 unspecified atom stereocenters. The third-order valence-corrected chi connectivity index (χ3v) is 3.08. The molecular weight excluding hydrogens is 243 g/mol. The Morgan fingerprint density at radius 3 is 2.58 bits per heavy atom. The van der Waals surface area contributed by atoms with Gasteiger partial charge in [0.25, 0.3) is 0 Å². The van der Waals surface area contributed by atoms with Crippen LogP contribution in [0.25, 0.3) is 0 Å². The molecule has 0 heterocycles. The molecule has 19 heavy (non-hydrogen) atoms.